The number of rotatable bonds is 5. The SMILES string of the molecule is CN1CCN(c2ccc(Nc3nc(Oc4cccc5c4C(=O)CC5)c4cc[nH]c4n3)cc2Cl)CC1. The number of ether oxygens (including phenoxy) is 1. The molecule has 8 nitrogen and oxygen atoms in total. The van der Waals surface area contributed by atoms with Gasteiger partial charge in [0.2, 0.25) is 11.8 Å². The number of halogens is 1. The van der Waals surface area contributed by atoms with Crippen molar-refractivity contribution in [2.45, 2.75) is 12.8 Å². The molecule has 9 heteroatoms. The minimum Gasteiger partial charge on any atom is -0.437 e. The summed E-state index contributed by atoms with van der Waals surface area (Å²) in [4.78, 5) is 29.4. The van der Waals surface area contributed by atoms with E-state index in [4.69, 9.17) is 16.3 Å². The molecule has 0 spiro atoms. The van der Waals surface area contributed by atoms with Crippen molar-refractivity contribution in [2.24, 2.45) is 0 Å². The summed E-state index contributed by atoms with van der Waals surface area (Å²) in [5.41, 5.74) is 4.10. The Kier molecular flexibility index (Phi) is 5.54. The van der Waals surface area contributed by atoms with Gasteiger partial charge in [0, 0.05) is 44.5 Å². The van der Waals surface area contributed by atoms with Gasteiger partial charge in [-0.15, -0.1) is 0 Å². The number of Topliss-reactive ketones (excluding diaryl/α,β-unsaturated/α-hetero) is 1. The smallest absolute Gasteiger partial charge is 0.233 e. The summed E-state index contributed by atoms with van der Waals surface area (Å²) in [6.07, 6.45) is 3.04. The highest BCUT2D eigenvalue weighted by atomic mass is 35.5. The van der Waals surface area contributed by atoms with Crippen LogP contribution >= 0.6 is 11.6 Å². The number of benzene rings is 2. The first kappa shape index (κ1) is 21.9. The third kappa shape index (κ3) is 4.19. The van der Waals surface area contributed by atoms with Gasteiger partial charge in [0.05, 0.1) is 21.7 Å². The number of hydrogen-bond acceptors (Lipinski definition) is 7. The number of nitrogens with zero attached hydrogens (tertiary/aromatic N) is 4. The minimum atomic E-state index is 0.100. The first-order valence-corrected chi connectivity index (χ1v) is 12.1. The molecule has 2 N–H and O–H groups in total. The zero-order valence-electron chi connectivity index (χ0n) is 19.3. The molecule has 0 saturated carbocycles. The fourth-order valence-electron chi connectivity index (χ4n) is 4.73. The summed E-state index contributed by atoms with van der Waals surface area (Å²) in [6, 6.07) is 13.5. The fourth-order valence-corrected chi connectivity index (χ4v) is 5.03. The molecule has 178 valence electrons. The van der Waals surface area contributed by atoms with Crippen LogP contribution in [0, 0.1) is 0 Å². The van der Waals surface area contributed by atoms with E-state index in [0.717, 1.165) is 54.9 Å². The Labute approximate surface area is 207 Å². The summed E-state index contributed by atoms with van der Waals surface area (Å²) in [7, 11) is 2.13. The molecule has 0 amide bonds. The molecule has 0 bridgehead atoms. The number of carbonyl (C=O) groups excluding carboxylic acids is 1. The van der Waals surface area contributed by atoms with E-state index in [0.29, 0.717) is 40.2 Å². The number of hydrogen-bond donors (Lipinski definition) is 2. The topological polar surface area (TPSA) is 86.4 Å². The maximum Gasteiger partial charge on any atom is 0.233 e. The lowest BCUT2D eigenvalue weighted by atomic mass is 10.1. The molecule has 6 rings (SSSR count). The van der Waals surface area contributed by atoms with Crippen molar-refractivity contribution >= 4 is 45.7 Å². The Hall–Kier alpha value is -3.62. The van der Waals surface area contributed by atoms with Crippen LogP contribution in [0.3, 0.4) is 0 Å². The molecule has 1 aliphatic heterocycles. The van der Waals surface area contributed by atoms with Gasteiger partial charge in [0.25, 0.3) is 0 Å². The third-order valence-electron chi connectivity index (χ3n) is 6.65. The van der Waals surface area contributed by atoms with Crippen molar-refractivity contribution in [1.82, 2.24) is 19.9 Å². The number of aromatic amines is 1. The number of anilines is 3. The number of fused-ring (bicyclic) bond motifs is 2. The molecule has 1 aliphatic carbocycles. The largest absolute Gasteiger partial charge is 0.437 e. The lowest BCUT2D eigenvalue weighted by Crippen LogP contribution is -2.44. The number of aryl methyl sites for hydroxylation is 1. The molecule has 0 radical (unpaired) electrons. The molecular formula is C26H25ClN6O2. The second-order valence-corrected chi connectivity index (χ2v) is 9.40. The molecule has 4 aromatic rings. The maximum absolute atomic E-state index is 12.4. The summed E-state index contributed by atoms with van der Waals surface area (Å²) in [5.74, 6) is 1.38. The van der Waals surface area contributed by atoms with Crippen LogP contribution in [-0.4, -0.2) is 58.9 Å². The normalized spacial score (nSPS) is 16.1. The van der Waals surface area contributed by atoms with E-state index in [2.05, 4.69) is 37.1 Å². The maximum atomic E-state index is 12.4. The van der Waals surface area contributed by atoms with E-state index in [1.807, 2.05) is 42.5 Å². The zero-order chi connectivity index (χ0) is 23.9. The van der Waals surface area contributed by atoms with Gasteiger partial charge in [-0.25, -0.2) is 0 Å². The standard InChI is InChI=1S/C26H25ClN6O2/c1-32-11-13-33(14-12-32)20-7-6-17(15-19(20)27)29-26-30-24-18(9-10-28-24)25(31-26)35-22-4-2-3-16-5-8-21(34)23(16)22/h2-4,6-7,9-10,15H,5,8,11-14H2,1H3,(H2,28,29,30,31). The van der Waals surface area contributed by atoms with Crippen LogP contribution in [0.5, 0.6) is 11.6 Å². The predicted molar refractivity (Wildman–Crippen MR) is 138 cm³/mol. The Morgan fingerprint density at radius 3 is 2.74 bits per heavy atom. The molecule has 1 saturated heterocycles. The van der Waals surface area contributed by atoms with Crippen molar-refractivity contribution in [2.75, 3.05) is 43.4 Å². The van der Waals surface area contributed by atoms with Crippen LogP contribution < -0.4 is 15.0 Å². The van der Waals surface area contributed by atoms with E-state index in [9.17, 15) is 4.79 Å². The second kappa shape index (κ2) is 8.87. The van der Waals surface area contributed by atoms with Gasteiger partial charge in [-0.2, -0.15) is 9.97 Å². The van der Waals surface area contributed by atoms with E-state index >= 15 is 0 Å². The van der Waals surface area contributed by atoms with Gasteiger partial charge in [-0.05, 0) is 49.4 Å². The quantitative estimate of drug-likeness (QED) is 0.407. The number of ketones is 1. The Morgan fingerprint density at radius 1 is 1.06 bits per heavy atom. The average Bonchev–Trinajstić information content (AvgIpc) is 3.47. The van der Waals surface area contributed by atoms with Crippen LogP contribution in [0.15, 0.2) is 48.7 Å². The second-order valence-electron chi connectivity index (χ2n) is 8.99. The molecule has 2 aliphatic rings. The Balaban J connectivity index is 1.28. The summed E-state index contributed by atoms with van der Waals surface area (Å²) in [6.45, 7) is 3.92. The number of aromatic nitrogens is 3. The first-order chi connectivity index (χ1) is 17.0. The van der Waals surface area contributed by atoms with E-state index in [1.54, 1.807) is 6.20 Å². The predicted octanol–water partition coefficient (Wildman–Crippen LogP) is 5.03. The number of H-pyrrole nitrogens is 1. The summed E-state index contributed by atoms with van der Waals surface area (Å²) < 4.78 is 6.20. The van der Waals surface area contributed by atoms with E-state index < -0.39 is 0 Å². The van der Waals surface area contributed by atoms with Crippen LogP contribution in [0.2, 0.25) is 5.02 Å². The van der Waals surface area contributed by atoms with Gasteiger partial charge >= 0.3 is 0 Å². The summed E-state index contributed by atoms with van der Waals surface area (Å²) >= 11 is 6.65. The molecule has 2 aromatic carbocycles. The highest BCUT2D eigenvalue weighted by molar-refractivity contribution is 6.33. The zero-order valence-corrected chi connectivity index (χ0v) is 20.1. The molecule has 2 aromatic heterocycles. The van der Waals surface area contributed by atoms with Crippen molar-refractivity contribution in [3.63, 3.8) is 0 Å². The van der Waals surface area contributed by atoms with Crippen LogP contribution in [-0.2, 0) is 6.42 Å². The lowest BCUT2D eigenvalue weighted by Gasteiger charge is -2.34. The van der Waals surface area contributed by atoms with E-state index in [1.165, 1.54) is 0 Å². The average molecular weight is 489 g/mol. The fraction of sp³-hybridized carbons (Fsp3) is 0.269. The summed E-state index contributed by atoms with van der Waals surface area (Å²) in [5, 5.41) is 4.67. The van der Waals surface area contributed by atoms with Gasteiger partial charge in [0.15, 0.2) is 5.78 Å². The highest BCUT2D eigenvalue weighted by Crippen LogP contribution is 2.36. The molecule has 0 atom stereocenters. The van der Waals surface area contributed by atoms with Gasteiger partial charge in [-0.1, -0.05) is 23.7 Å². The van der Waals surface area contributed by atoms with Gasteiger partial charge in [-0.3, -0.25) is 4.79 Å². The Morgan fingerprint density at radius 2 is 1.91 bits per heavy atom. The van der Waals surface area contributed by atoms with Crippen molar-refractivity contribution in [3.05, 3.63) is 64.8 Å². The minimum absolute atomic E-state index is 0.100. The van der Waals surface area contributed by atoms with E-state index in [-0.39, 0.29) is 5.78 Å². The number of nitrogens with one attached hydrogen (secondary N) is 2. The van der Waals surface area contributed by atoms with Gasteiger partial charge in [0.1, 0.15) is 11.4 Å². The monoisotopic (exact) mass is 488 g/mol. The first-order valence-electron chi connectivity index (χ1n) is 11.7. The molecular weight excluding hydrogens is 464 g/mol. The lowest BCUT2D eigenvalue weighted by molar-refractivity contribution is 0.0992. The van der Waals surface area contributed by atoms with Crippen LogP contribution in [0.25, 0.3) is 11.0 Å². The van der Waals surface area contributed by atoms with Crippen LogP contribution in [0.1, 0.15) is 22.3 Å². The molecule has 35 heavy (non-hydrogen) atoms. The Bertz CT molecular complexity index is 1430. The number of piperazine rings is 1. The highest BCUT2D eigenvalue weighted by Gasteiger charge is 2.25. The van der Waals surface area contributed by atoms with Crippen molar-refractivity contribution in [1.29, 1.82) is 0 Å². The van der Waals surface area contributed by atoms with Crippen molar-refractivity contribution < 1.29 is 9.53 Å². The molecule has 3 heterocycles. The molecule has 0 unspecified atom stereocenters. The number of likely N-dealkylation sites (N-methyl/N-ethyl adjacent to an activating group) is 1. The van der Waals surface area contributed by atoms with Gasteiger partial charge < -0.3 is 24.8 Å². The third-order valence-corrected chi connectivity index (χ3v) is 6.95. The van der Waals surface area contributed by atoms with Crippen molar-refractivity contribution in [3.8, 4) is 11.6 Å². The molecule has 1 fully saturated rings. The number of carbonyl (C=O) groups is 1. The van der Waals surface area contributed by atoms with Crippen LogP contribution in [0.4, 0.5) is 17.3 Å².